The number of halogens is 3. The Labute approximate surface area is 333 Å². The summed E-state index contributed by atoms with van der Waals surface area (Å²) in [5.74, 6) is -2.65. The molecule has 3 atom stereocenters. The summed E-state index contributed by atoms with van der Waals surface area (Å²) in [7, 11) is -3.36. The molecular formula is C44H52F3N5O4S. The van der Waals surface area contributed by atoms with E-state index < -0.39 is 27.7 Å². The molecule has 3 aromatic carbocycles. The third-order valence-corrected chi connectivity index (χ3v) is 15.0. The van der Waals surface area contributed by atoms with Crippen LogP contribution in [0.5, 0.6) is 0 Å². The average Bonchev–Trinajstić information content (AvgIpc) is 3.72. The number of piperidine rings is 2. The Bertz CT molecular complexity index is 2190. The molecular weight excluding hydrogens is 752 g/mol. The molecule has 1 spiro atoms. The van der Waals surface area contributed by atoms with Crippen molar-refractivity contribution in [1.82, 2.24) is 9.62 Å². The first-order valence-electron chi connectivity index (χ1n) is 20.3. The Hall–Kier alpha value is -4.36. The lowest BCUT2D eigenvalue weighted by Gasteiger charge is -2.47. The second-order valence-electron chi connectivity index (χ2n) is 17.3. The van der Waals surface area contributed by atoms with Gasteiger partial charge in [0.25, 0.3) is 5.91 Å². The van der Waals surface area contributed by atoms with Gasteiger partial charge in [0, 0.05) is 57.4 Å². The number of carbonyl (C=O) groups excluding carboxylic acids is 2. The zero-order valence-corrected chi connectivity index (χ0v) is 33.6. The molecule has 0 radical (unpaired) electrons. The molecule has 2 amide bonds. The van der Waals surface area contributed by atoms with Crippen LogP contribution >= 0.6 is 0 Å². The van der Waals surface area contributed by atoms with E-state index >= 15 is 0 Å². The summed E-state index contributed by atoms with van der Waals surface area (Å²) in [5.41, 5.74) is 5.15. The molecule has 0 bridgehead atoms. The normalized spacial score (nSPS) is 23.9. The predicted molar refractivity (Wildman–Crippen MR) is 217 cm³/mol. The van der Waals surface area contributed by atoms with Crippen LogP contribution in [0.15, 0.2) is 67.3 Å². The minimum Gasteiger partial charge on any atom is -0.371 e. The number of fused-ring (bicyclic) bond motifs is 5. The SMILES string of the molecule is C=CC(=O)N1C[C@]2(C)CCCN2c2cc(N3CCC4(CC3)C[C@@H](CC(=O)N[C@@H](Cc3ccc(F)c(F)c3)C3CCN(S(C)(=O)=O)CC3)c3ccc(F)cc34)ccc21. The summed E-state index contributed by atoms with van der Waals surface area (Å²) in [6.07, 6.45) is 8.47. The van der Waals surface area contributed by atoms with Crippen molar-refractivity contribution in [1.29, 1.82) is 0 Å². The van der Waals surface area contributed by atoms with Crippen molar-refractivity contribution in [2.45, 2.75) is 87.6 Å². The van der Waals surface area contributed by atoms with E-state index in [1.807, 2.05) is 11.0 Å². The number of amides is 2. The van der Waals surface area contributed by atoms with Gasteiger partial charge in [0.1, 0.15) is 5.82 Å². The van der Waals surface area contributed by atoms with Crippen LogP contribution in [0.1, 0.15) is 80.9 Å². The van der Waals surface area contributed by atoms with Crippen LogP contribution in [0.25, 0.3) is 0 Å². The Morgan fingerprint density at radius 2 is 1.68 bits per heavy atom. The lowest BCUT2D eigenvalue weighted by molar-refractivity contribution is -0.122. The van der Waals surface area contributed by atoms with Crippen molar-refractivity contribution in [2.24, 2.45) is 5.92 Å². The molecule has 1 N–H and O–H groups in total. The third kappa shape index (κ3) is 7.57. The van der Waals surface area contributed by atoms with Gasteiger partial charge in [-0.3, -0.25) is 9.59 Å². The molecule has 0 unspecified atom stereocenters. The quantitative estimate of drug-likeness (QED) is 0.239. The molecule has 13 heteroatoms. The molecule has 0 aromatic heterocycles. The van der Waals surface area contributed by atoms with E-state index in [-0.39, 0.29) is 53.3 Å². The molecule has 4 aliphatic heterocycles. The van der Waals surface area contributed by atoms with Crippen LogP contribution in [0, 0.1) is 23.4 Å². The second kappa shape index (κ2) is 15.1. The van der Waals surface area contributed by atoms with Gasteiger partial charge in [0.2, 0.25) is 15.9 Å². The second-order valence-corrected chi connectivity index (χ2v) is 19.3. The number of anilines is 3. The van der Waals surface area contributed by atoms with Gasteiger partial charge in [-0.15, -0.1) is 0 Å². The van der Waals surface area contributed by atoms with Gasteiger partial charge in [-0.25, -0.2) is 25.9 Å². The fraction of sp³-hybridized carbons (Fsp3) is 0.500. The molecule has 0 saturated carbocycles. The number of sulfonamides is 1. The van der Waals surface area contributed by atoms with Crippen LogP contribution in [-0.4, -0.2) is 81.6 Å². The zero-order chi connectivity index (χ0) is 40.3. The third-order valence-electron chi connectivity index (χ3n) is 13.7. The van der Waals surface area contributed by atoms with E-state index in [0.717, 1.165) is 85.6 Å². The number of benzene rings is 3. The van der Waals surface area contributed by atoms with Crippen LogP contribution < -0.4 is 20.0 Å². The maximum Gasteiger partial charge on any atom is 0.250 e. The molecule has 1 aliphatic carbocycles. The standard InChI is InChI=1S/C44H52F3N5O4S/c1-4-42(54)51-28-43(2)14-5-17-52(43)40-26-33(8-11-39(40)51)49-20-15-44(16-21-49)27-31(34-9-7-32(45)25-35(34)44)24-41(53)48-38(23-29-6-10-36(46)37(47)22-29)30-12-18-50(19-13-30)57(3,55)56/h4,6-11,22,25-26,30-31,38H,1,5,12-21,23-24,27-28H2,2-3H3,(H,48,53)/t31-,38+,43+/m1/s1. The van der Waals surface area contributed by atoms with Gasteiger partial charge in [0.05, 0.1) is 23.2 Å². The topological polar surface area (TPSA) is 93.3 Å². The smallest absolute Gasteiger partial charge is 0.250 e. The Kier molecular flexibility index (Phi) is 10.5. The first kappa shape index (κ1) is 39.5. The van der Waals surface area contributed by atoms with E-state index in [2.05, 4.69) is 46.8 Å². The maximum absolute atomic E-state index is 15.0. The molecule has 57 heavy (non-hydrogen) atoms. The summed E-state index contributed by atoms with van der Waals surface area (Å²) in [4.78, 5) is 33.6. The van der Waals surface area contributed by atoms with E-state index in [1.165, 1.54) is 28.8 Å². The fourth-order valence-corrected chi connectivity index (χ4v) is 11.6. The monoisotopic (exact) mass is 803 g/mol. The van der Waals surface area contributed by atoms with E-state index in [1.54, 1.807) is 6.07 Å². The van der Waals surface area contributed by atoms with Crippen molar-refractivity contribution >= 4 is 38.9 Å². The molecule has 5 aliphatic rings. The lowest BCUT2D eigenvalue weighted by atomic mass is 9.73. The molecule has 4 heterocycles. The van der Waals surface area contributed by atoms with Gasteiger partial charge < -0.3 is 20.0 Å². The summed E-state index contributed by atoms with van der Waals surface area (Å²) >= 11 is 0. The zero-order valence-electron chi connectivity index (χ0n) is 32.8. The minimum atomic E-state index is -3.36. The van der Waals surface area contributed by atoms with Crippen molar-refractivity contribution in [2.75, 3.05) is 60.2 Å². The van der Waals surface area contributed by atoms with Crippen molar-refractivity contribution in [3.63, 3.8) is 0 Å². The summed E-state index contributed by atoms with van der Waals surface area (Å²) in [6, 6.07) is 14.7. The average molecular weight is 804 g/mol. The molecule has 8 rings (SSSR count). The van der Waals surface area contributed by atoms with Gasteiger partial charge in [0.15, 0.2) is 11.6 Å². The summed E-state index contributed by atoms with van der Waals surface area (Å²) < 4.78 is 68.9. The molecule has 3 saturated heterocycles. The van der Waals surface area contributed by atoms with E-state index in [9.17, 15) is 31.2 Å². The summed E-state index contributed by atoms with van der Waals surface area (Å²) in [5, 5.41) is 3.23. The molecule has 3 aromatic rings. The van der Waals surface area contributed by atoms with Crippen molar-refractivity contribution in [3.8, 4) is 0 Å². The van der Waals surface area contributed by atoms with Crippen LogP contribution in [0.2, 0.25) is 0 Å². The molecule has 9 nitrogen and oxygen atoms in total. The number of hydrogen-bond acceptors (Lipinski definition) is 6. The molecule has 304 valence electrons. The van der Waals surface area contributed by atoms with Crippen LogP contribution in [0.4, 0.5) is 30.2 Å². The number of rotatable bonds is 9. The number of carbonyl (C=O) groups is 2. The van der Waals surface area contributed by atoms with E-state index in [0.29, 0.717) is 44.5 Å². The number of nitrogens with zero attached hydrogens (tertiary/aromatic N) is 4. The van der Waals surface area contributed by atoms with E-state index in [4.69, 9.17) is 0 Å². The summed E-state index contributed by atoms with van der Waals surface area (Å²) in [6.45, 7) is 9.70. The Morgan fingerprint density at radius 1 is 0.930 bits per heavy atom. The largest absolute Gasteiger partial charge is 0.371 e. The van der Waals surface area contributed by atoms with Crippen molar-refractivity contribution in [3.05, 3.63) is 101 Å². The van der Waals surface area contributed by atoms with Gasteiger partial charge in [-0.1, -0.05) is 18.7 Å². The minimum absolute atomic E-state index is 0.0611. The maximum atomic E-state index is 15.0. The van der Waals surface area contributed by atoms with Crippen LogP contribution in [-0.2, 0) is 31.4 Å². The molecule has 3 fully saturated rings. The number of hydrogen-bond donors (Lipinski definition) is 1. The van der Waals surface area contributed by atoms with Gasteiger partial charge in [-0.05, 0) is 141 Å². The predicted octanol–water partition coefficient (Wildman–Crippen LogP) is 6.81. The number of nitrogens with one attached hydrogen (secondary N) is 1. The first-order valence-corrected chi connectivity index (χ1v) is 22.1. The first-order chi connectivity index (χ1) is 27.2. The highest BCUT2D eigenvalue weighted by atomic mass is 32.2. The lowest BCUT2D eigenvalue weighted by Crippen LogP contribution is -2.55. The Morgan fingerprint density at radius 3 is 2.39 bits per heavy atom. The van der Waals surface area contributed by atoms with Gasteiger partial charge in [-0.2, -0.15) is 0 Å². The highest BCUT2D eigenvalue weighted by molar-refractivity contribution is 7.88. The fourth-order valence-electron chi connectivity index (χ4n) is 10.7. The van der Waals surface area contributed by atoms with Crippen LogP contribution in [0.3, 0.4) is 0 Å². The van der Waals surface area contributed by atoms with Gasteiger partial charge >= 0.3 is 0 Å². The highest BCUT2D eigenvalue weighted by Gasteiger charge is 2.48. The Balaban J connectivity index is 0.985. The van der Waals surface area contributed by atoms with Crippen molar-refractivity contribution < 1.29 is 31.2 Å². The highest BCUT2D eigenvalue weighted by Crippen LogP contribution is 2.54.